The molecule has 1 aromatic carbocycles. The van der Waals surface area contributed by atoms with Crippen LogP contribution in [-0.4, -0.2) is 16.0 Å². The molecule has 0 spiro atoms. The van der Waals surface area contributed by atoms with Crippen LogP contribution in [0.3, 0.4) is 0 Å². The van der Waals surface area contributed by atoms with E-state index < -0.39 is 10.9 Å². The van der Waals surface area contributed by atoms with Gasteiger partial charge in [-0.2, -0.15) is 0 Å². The van der Waals surface area contributed by atoms with Crippen LogP contribution in [0, 0.1) is 10.1 Å². The number of pyridine rings is 1. The van der Waals surface area contributed by atoms with Crippen LogP contribution in [0.1, 0.15) is 17.5 Å². The number of hydrogen-bond donors (Lipinski definition) is 1. The molecule has 0 amide bonds. The minimum Gasteiger partial charge on any atom is -0.481 e. The summed E-state index contributed by atoms with van der Waals surface area (Å²) >= 11 is 0. The average molecular weight is 299 g/mol. The predicted octanol–water partition coefficient (Wildman–Crippen LogP) is 2.53. The Bertz CT molecular complexity index is 708. The summed E-state index contributed by atoms with van der Waals surface area (Å²) < 4.78 is 1.77. The van der Waals surface area contributed by atoms with Crippen LogP contribution in [0.4, 0.5) is 5.69 Å². The third kappa shape index (κ3) is 4.24. The molecule has 0 saturated carbocycles. The Labute approximate surface area is 127 Å². The summed E-state index contributed by atoms with van der Waals surface area (Å²) in [7, 11) is 0. The number of aliphatic carboxylic acids is 1. The van der Waals surface area contributed by atoms with Crippen LogP contribution in [0.5, 0.6) is 0 Å². The highest BCUT2D eigenvalue weighted by Crippen LogP contribution is 2.19. The number of hydrogen-bond acceptors (Lipinski definition) is 3. The lowest BCUT2D eigenvalue weighted by Crippen LogP contribution is -2.33. The molecule has 0 saturated heterocycles. The summed E-state index contributed by atoms with van der Waals surface area (Å²) in [6.07, 6.45) is 7.10. The summed E-state index contributed by atoms with van der Waals surface area (Å²) in [5.41, 5.74) is 1.48. The van der Waals surface area contributed by atoms with Gasteiger partial charge in [0.2, 0.25) is 0 Å². The Balaban J connectivity index is 2.11. The molecule has 22 heavy (non-hydrogen) atoms. The second kappa shape index (κ2) is 7.12. The molecule has 0 bridgehead atoms. The van der Waals surface area contributed by atoms with Crippen molar-refractivity contribution in [2.24, 2.45) is 0 Å². The first-order chi connectivity index (χ1) is 10.6. The van der Waals surface area contributed by atoms with Gasteiger partial charge in [-0.25, -0.2) is 4.57 Å². The zero-order chi connectivity index (χ0) is 15.9. The molecule has 0 radical (unpaired) electrons. The third-order valence-electron chi connectivity index (χ3n) is 3.09. The highest BCUT2D eigenvalue weighted by atomic mass is 16.6. The zero-order valence-electron chi connectivity index (χ0n) is 11.8. The van der Waals surface area contributed by atoms with Gasteiger partial charge in [-0.05, 0) is 17.7 Å². The van der Waals surface area contributed by atoms with Gasteiger partial charge in [0.15, 0.2) is 18.9 Å². The van der Waals surface area contributed by atoms with E-state index in [1.165, 1.54) is 6.07 Å². The Morgan fingerprint density at radius 3 is 2.50 bits per heavy atom. The number of carboxylic acid groups (broad SMARTS) is 1. The van der Waals surface area contributed by atoms with Crippen molar-refractivity contribution in [2.75, 3.05) is 0 Å². The van der Waals surface area contributed by atoms with E-state index >= 15 is 0 Å². The van der Waals surface area contributed by atoms with Crippen LogP contribution < -0.4 is 4.57 Å². The smallest absolute Gasteiger partial charge is 0.309 e. The van der Waals surface area contributed by atoms with Crippen molar-refractivity contribution in [3.8, 4) is 0 Å². The molecule has 0 aliphatic heterocycles. The van der Waals surface area contributed by atoms with Crippen molar-refractivity contribution in [3.63, 3.8) is 0 Å². The monoisotopic (exact) mass is 299 g/mol. The van der Waals surface area contributed by atoms with Gasteiger partial charge in [0, 0.05) is 18.2 Å². The number of aromatic nitrogens is 1. The van der Waals surface area contributed by atoms with E-state index in [4.69, 9.17) is 5.11 Å². The number of carboxylic acids is 1. The van der Waals surface area contributed by atoms with Gasteiger partial charge in [0.1, 0.15) is 6.42 Å². The molecule has 1 N–H and O–H groups in total. The fraction of sp³-hybridized carbons (Fsp3) is 0.125. The molecule has 6 nitrogen and oxygen atoms in total. The number of rotatable bonds is 6. The van der Waals surface area contributed by atoms with E-state index in [9.17, 15) is 14.9 Å². The van der Waals surface area contributed by atoms with Gasteiger partial charge in [0.25, 0.3) is 5.69 Å². The normalized spacial score (nSPS) is 10.7. The predicted molar refractivity (Wildman–Crippen MR) is 80.9 cm³/mol. The van der Waals surface area contributed by atoms with E-state index in [1.54, 1.807) is 47.3 Å². The number of nitro benzene ring substituents is 1. The first-order valence-corrected chi connectivity index (χ1v) is 6.68. The van der Waals surface area contributed by atoms with E-state index in [-0.39, 0.29) is 12.1 Å². The lowest BCUT2D eigenvalue weighted by atomic mass is 10.1. The van der Waals surface area contributed by atoms with Crippen molar-refractivity contribution in [3.05, 3.63) is 70.0 Å². The molecule has 2 aromatic rings. The van der Waals surface area contributed by atoms with Crippen LogP contribution in [-0.2, 0) is 11.3 Å². The molecule has 0 unspecified atom stereocenters. The van der Waals surface area contributed by atoms with Crippen molar-refractivity contribution in [1.82, 2.24) is 0 Å². The maximum absolute atomic E-state index is 10.9. The Morgan fingerprint density at radius 1 is 1.18 bits per heavy atom. The van der Waals surface area contributed by atoms with E-state index in [1.807, 2.05) is 12.1 Å². The molecule has 112 valence electrons. The lowest BCUT2D eigenvalue weighted by Gasteiger charge is -1.97. The summed E-state index contributed by atoms with van der Waals surface area (Å²) in [4.78, 5) is 21.0. The molecule has 2 rings (SSSR count). The second-order valence-corrected chi connectivity index (χ2v) is 4.66. The summed E-state index contributed by atoms with van der Waals surface area (Å²) in [5, 5.41) is 19.6. The molecule has 0 aliphatic rings. The minimum atomic E-state index is -0.840. The quantitative estimate of drug-likeness (QED) is 0.504. The largest absolute Gasteiger partial charge is 0.481 e. The van der Waals surface area contributed by atoms with Crippen molar-refractivity contribution in [2.45, 2.75) is 13.0 Å². The maximum atomic E-state index is 10.9. The molecular formula is C16H15N2O4+. The Morgan fingerprint density at radius 2 is 1.86 bits per heavy atom. The van der Waals surface area contributed by atoms with Gasteiger partial charge < -0.3 is 5.11 Å². The lowest BCUT2D eigenvalue weighted by molar-refractivity contribution is -0.696. The zero-order valence-corrected chi connectivity index (χ0v) is 11.8. The molecule has 1 aromatic heterocycles. The van der Waals surface area contributed by atoms with Gasteiger partial charge in [-0.3, -0.25) is 14.9 Å². The number of nitro groups is 1. The van der Waals surface area contributed by atoms with Gasteiger partial charge in [-0.15, -0.1) is 0 Å². The SMILES string of the molecule is O=C(O)CC[n+]1ccc(/C=C\c2ccccc2[N+](=O)[O-])cc1. The van der Waals surface area contributed by atoms with Crippen molar-refractivity contribution in [1.29, 1.82) is 0 Å². The molecule has 0 atom stereocenters. The molecule has 0 aliphatic carbocycles. The highest BCUT2D eigenvalue weighted by Gasteiger charge is 2.09. The number of carbonyl (C=O) groups is 1. The van der Waals surface area contributed by atoms with Crippen molar-refractivity contribution >= 4 is 23.8 Å². The highest BCUT2D eigenvalue weighted by molar-refractivity contribution is 5.73. The van der Waals surface area contributed by atoms with E-state index in [0.29, 0.717) is 12.1 Å². The fourth-order valence-electron chi connectivity index (χ4n) is 1.93. The topological polar surface area (TPSA) is 84.3 Å². The number of nitrogens with zero attached hydrogens (tertiary/aromatic N) is 2. The molecule has 1 heterocycles. The molecule has 0 fully saturated rings. The van der Waals surface area contributed by atoms with E-state index in [0.717, 1.165) is 5.56 Å². The Kier molecular flexibility index (Phi) is 4.98. The number of para-hydroxylation sites is 1. The maximum Gasteiger partial charge on any atom is 0.309 e. The number of aryl methyl sites for hydroxylation is 1. The van der Waals surface area contributed by atoms with Gasteiger partial charge in [-0.1, -0.05) is 18.2 Å². The van der Waals surface area contributed by atoms with Gasteiger partial charge >= 0.3 is 5.97 Å². The van der Waals surface area contributed by atoms with Crippen molar-refractivity contribution < 1.29 is 19.4 Å². The first kappa shape index (κ1) is 15.4. The minimum absolute atomic E-state index is 0.0613. The van der Waals surface area contributed by atoms with E-state index in [2.05, 4.69) is 0 Å². The summed E-state index contributed by atoms with van der Waals surface area (Å²) in [6.45, 7) is 0.406. The van der Waals surface area contributed by atoms with Crippen LogP contribution in [0.15, 0.2) is 48.8 Å². The fourth-order valence-corrected chi connectivity index (χ4v) is 1.93. The molecular weight excluding hydrogens is 284 g/mol. The van der Waals surface area contributed by atoms with Gasteiger partial charge in [0.05, 0.1) is 10.5 Å². The summed E-state index contributed by atoms with van der Waals surface area (Å²) in [6, 6.07) is 10.2. The molecule has 6 heteroatoms. The summed E-state index contributed by atoms with van der Waals surface area (Å²) in [5.74, 6) is -0.840. The average Bonchev–Trinajstić information content (AvgIpc) is 2.52. The van der Waals surface area contributed by atoms with Crippen LogP contribution >= 0.6 is 0 Å². The number of benzene rings is 1. The first-order valence-electron chi connectivity index (χ1n) is 6.68. The second-order valence-electron chi connectivity index (χ2n) is 4.66. The standard InChI is InChI=1S/C16H14N2O4/c19-16(20)9-12-17-10-7-13(8-11-17)5-6-14-3-1-2-4-15(14)18(21)22/h1-8,10-11H,9,12H2/p+1/b6-5-. The van der Waals surface area contributed by atoms with Crippen LogP contribution in [0.25, 0.3) is 12.2 Å². The van der Waals surface area contributed by atoms with Crippen LogP contribution in [0.2, 0.25) is 0 Å². The third-order valence-corrected chi connectivity index (χ3v) is 3.09. The Hall–Kier alpha value is -3.02.